The summed E-state index contributed by atoms with van der Waals surface area (Å²) in [7, 11) is 10.1. The van der Waals surface area contributed by atoms with Crippen molar-refractivity contribution >= 4 is 40.7 Å². The number of phenols is 1. The molecule has 59 heavy (non-hydrogen) atoms. The fourth-order valence-electron chi connectivity index (χ4n) is 6.83. The summed E-state index contributed by atoms with van der Waals surface area (Å²) in [5, 5.41) is 31.0. The molecule has 1 aliphatic carbocycles. The molecule has 4 aromatic carbocycles. The highest BCUT2D eigenvalue weighted by Gasteiger charge is 2.40. The van der Waals surface area contributed by atoms with Crippen LogP contribution in [0.25, 0.3) is 0 Å². The number of hydrogen-bond donors (Lipinski definition) is 4. The lowest BCUT2D eigenvalue weighted by molar-refractivity contribution is -0.114. The van der Waals surface area contributed by atoms with Gasteiger partial charge >= 0.3 is 5.97 Å². The standard InChI is InChI=1S/C17H20N2S.C16H25NO2.C8H9NO2.C6H5NO2/c1-13(18(2)3)12-19-14-8-4-6-10-16(14)20-17-11-7-5-9-15(17)19;1-17(2)12-14-7-4-5-10-16(14,18)13-8-6-9-15(11-13)19-3;1-6(10)9-7-2-4-8(11)5-3-7;8-6(9)5-2-1-3-7-4-5/h4-11,13H,12H2,1-3H3;6,8-9,11,14,18H,4-5,7,10,12H2,1-3H3;2-5,11H,1H3,(H,9,10);1-4H,(H,8,9)/t;14-,16+;;/m.1../s1. The number of amides is 1. The smallest absolute Gasteiger partial charge is 0.337 e. The predicted molar refractivity (Wildman–Crippen MR) is 238 cm³/mol. The van der Waals surface area contributed by atoms with Crippen molar-refractivity contribution < 1.29 is 29.6 Å². The molecule has 12 heteroatoms. The Bertz CT molecular complexity index is 2020. The third-order valence-electron chi connectivity index (χ3n) is 10.1. The highest BCUT2D eigenvalue weighted by atomic mass is 32.2. The van der Waals surface area contributed by atoms with Gasteiger partial charge in [-0.15, -0.1) is 0 Å². The van der Waals surface area contributed by atoms with Gasteiger partial charge in [0.1, 0.15) is 11.5 Å². The summed E-state index contributed by atoms with van der Waals surface area (Å²) in [5.74, 6) is 0.251. The van der Waals surface area contributed by atoms with E-state index in [1.807, 2.05) is 36.0 Å². The number of phenolic OH excluding ortho intramolecular Hbond substituents is 1. The highest BCUT2D eigenvalue weighted by Crippen LogP contribution is 2.48. The molecule has 11 nitrogen and oxygen atoms in total. The number of aliphatic hydroxyl groups is 1. The molecule has 1 aromatic heterocycles. The number of anilines is 3. The highest BCUT2D eigenvalue weighted by molar-refractivity contribution is 7.99. The minimum Gasteiger partial charge on any atom is -0.508 e. The second-order valence-corrected chi connectivity index (χ2v) is 16.2. The number of benzene rings is 4. The lowest BCUT2D eigenvalue weighted by atomic mass is 9.71. The average molecular weight is 822 g/mol. The van der Waals surface area contributed by atoms with E-state index in [1.165, 1.54) is 65.1 Å². The topological polar surface area (TPSA) is 139 Å². The van der Waals surface area contributed by atoms with Gasteiger partial charge in [-0.3, -0.25) is 9.78 Å². The van der Waals surface area contributed by atoms with Crippen molar-refractivity contribution in [3.8, 4) is 11.5 Å². The lowest BCUT2D eigenvalue weighted by Gasteiger charge is -2.41. The van der Waals surface area contributed by atoms with Crippen LogP contribution in [0, 0.1) is 5.92 Å². The second-order valence-electron chi connectivity index (χ2n) is 15.1. The van der Waals surface area contributed by atoms with Gasteiger partial charge in [-0.25, -0.2) is 4.79 Å². The molecule has 3 atom stereocenters. The number of aromatic hydroxyl groups is 1. The van der Waals surface area contributed by atoms with E-state index < -0.39 is 11.6 Å². The zero-order valence-corrected chi connectivity index (χ0v) is 36.0. The van der Waals surface area contributed by atoms with Gasteiger partial charge in [-0.2, -0.15) is 0 Å². The van der Waals surface area contributed by atoms with Crippen molar-refractivity contribution in [1.29, 1.82) is 0 Å². The minimum absolute atomic E-state index is 0.115. The molecule has 1 aliphatic heterocycles. The second kappa shape index (κ2) is 22.7. The molecule has 7 rings (SSSR count). The Morgan fingerprint density at radius 2 is 1.56 bits per heavy atom. The molecule has 0 saturated heterocycles. The lowest BCUT2D eigenvalue weighted by Crippen LogP contribution is -2.43. The Balaban J connectivity index is 0.000000183. The maximum Gasteiger partial charge on any atom is 0.337 e. The molecular weight excluding hydrogens is 763 g/mol. The van der Waals surface area contributed by atoms with Crippen molar-refractivity contribution in [3.63, 3.8) is 0 Å². The van der Waals surface area contributed by atoms with E-state index in [0.29, 0.717) is 17.6 Å². The number of likely N-dealkylation sites (N-methyl/N-ethyl adjacent to an activating group) is 1. The number of aromatic carboxylic acids is 1. The number of aromatic nitrogens is 1. The van der Waals surface area contributed by atoms with Crippen molar-refractivity contribution in [1.82, 2.24) is 14.8 Å². The number of carbonyl (C=O) groups excluding carboxylic acids is 1. The van der Waals surface area contributed by atoms with E-state index >= 15 is 0 Å². The Morgan fingerprint density at radius 1 is 0.915 bits per heavy atom. The molecule has 1 fully saturated rings. The van der Waals surface area contributed by atoms with Gasteiger partial charge in [0.2, 0.25) is 5.91 Å². The Kier molecular flexibility index (Phi) is 17.8. The number of pyridine rings is 1. The molecule has 1 unspecified atom stereocenters. The molecule has 1 amide bonds. The van der Waals surface area contributed by atoms with Crippen LogP contribution in [0.4, 0.5) is 17.1 Å². The number of rotatable bonds is 9. The molecule has 2 aliphatic rings. The number of carboxylic acids is 1. The van der Waals surface area contributed by atoms with Crippen LogP contribution < -0.4 is 15.0 Å². The Morgan fingerprint density at radius 3 is 2.08 bits per heavy atom. The molecule has 1 saturated carbocycles. The number of methoxy groups -OCH3 is 1. The zero-order chi connectivity index (χ0) is 43.0. The van der Waals surface area contributed by atoms with Crippen LogP contribution in [0.1, 0.15) is 55.5 Å². The Labute approximate surface area is 353 Å². The molecule has 0 radical (unpaired) electrons. The van der Waals surface area contributed by atoms with Gasteiger partial charge in [0.05, 0.1) is 29.6 Å². The molecule has 5 aromatic rings. The van der Waals surface area contributed by atoms with Crippen LogP contribution in [0.5, 0.6) is 11.5 Å². The van der Waals surface area contributed by atoms with E-state index in [1.54, 1.807) is 25.3 Å². The number of ether oxygens (including phenoxy) is 1. The van der Waals surface area contributed by atoms with Crippen LogP contribution in [-0.2, 0) is 10.4 Å². The molecule has 314 valence electrons. The van der Waals surface area contributed by atoms with Gasteiger partial charge in [0.15, 0.2) is 0 Å². The summed E-state index contributed by atoms with van der Waals surface area (Å²) in [6, 6.07) is 35.1. The largest absolute Gasteiger partial charge is 0.508 e. The third-order valence-corrected chi connectivity index (χ3v) is 11.3. The summed E-state index contributed by atoms with van der Waals surface area (Å²) in [6.07, 6.45) is 7.09. The molecule has 0 bridgehead atoms. The van der Waals surface area contributed by atoms with Crippen molar-refractivity contribution in [3.05, 3.63) is 133 Å². The van der Waals surface area contributed by atoms with E-state index in [-0.39, 0.29) is 17.2 Å². The van der Waals surface area contributed by atoms with E-state index in [2.05, 4.69) is 109 Å². The van der Waals surface area contributed by atoms with Crippen LogP contribution in [-0.4, -0.2) is 96.4 Å². The van der Waals surface area contributed by atoms with E-state index in [0.717, 1.165) is 43.7 Å². The number of carboxylic acid groups (broad SMARTS) is 1. The van der Waals surface area contributed by atoms with Gasteiger partial charge in [0.25, 0.3) is 0 Å². The molecule has 4 N–H and O–H groups in total. The minimum atomic E-state index is -0.942. The summed E-state index contributed by atoms with van der Waals surface area (Å²) in [6.45, 7) is 5.63. The van der Waals surface area contributed by atoms with Crippen molar-refractivity contribution in [2.45, 2.75) is 61.0 Å². The first kappa shape index (κ1) is 46.3. The van der Waals surface area contributed by atoms with Crippen LogP contribution in [0.15, 0.2) is 131 Å². The first-order valence-corrected chi connectivity index (χ1v) is 20.5. The number of nitrogens with one attached hydrogen (secondary N) is 1. The van der Waals surface area contributed by atoms with Gasteiger partial charge in [-0.1, -0.05) is 61.0 Å². The first-order valence-electron chi connectivity index (χ1n) is 19.7. The van der Waals surface area contributed by atoms with Gasteiger partial charge in [0, 0.05) is 59.8 Å². The van der Waals surface area contributed by atoms with E-state index in [4.69, 9.17) is 14.9 Å². The van der Waals surface area contributed by atoms with Crippen molar-refractivity contribution in [2.75, 3.05) is 58.6 Å². The monoisotopic (exact) mass is 821 g/mol. The van der Waals surface area contributed by atoms with Crippen LogP contribution in [0.3, 0.4) is 0 Å². The summed E-state index contributed by atoms with van der Waals surface area (Å²) >= 11 is 1.87. The van der Waals surface area contributed by atoms with E-state index in [9.17, 15) is 14.7 Å². The van der Waals surface area contributed by atoms with Gasteiger partial charge in [-0.05, 0) is 126 Å². The zero-order valence-electron chi connectivity index (χ0n) is 35.2. The van der Waals surface area contributed by atoms with Crippen molar-refractivity contribution in [2.24, 2.45) is 5.92 Å². The number of para-hydroxylation sites is 2. The molecular formula is C47H59N5O6S. The number of hydrogen-bond acceptors (Lipinski definition) is 10. The third kappa shape index (κ3) is 13.9. The first-order chi connectivity index (χ1) is 28.2. The van der Waals surface area contributed by atoms with Crippen LogP contribution in [0.2, 0.25) is 0 Å². The fraction of sp³-hybridized carbons (Fsp3) is 0.340. The summed E-state index contributed by atoms with van der Waals surface area (Å²) < 4.78 is 5.29. The predicted octanol–water partition coefficient (Wildman–Crippen LogP) is 9.00. The summed E-state index contributed by atoms with van der Waals surface area (Å²) in [4.78, 5) is 33.9. The fourth-order valence-corrected chi connectivity index (χ4v) is 7.92. The number of nitrogens with zero attached hydrogens (tertiary/aromatic N) is 4. The quantitative estimate of drug-likeness (QED) is 0.106. The van der Waals surface area contributed by atoms with Crippen LogP contribution >= 0.6 is 11.8 Å². The molecule has 0 spiro atoms. The average Bonchev–Trinajstić information content (AvgIpc) is 3.23. The maximum atomic E-state index is 11.2. The van der Waals surface area contributed by atoms with Gasteiger partial charge < -0.3 is 40.1 Å². The maximum absolute atomic E-state index is 11.2. The molecule has 2 heterocycles. The SMILES string of the molecule is CC(=O)Nc1ccc(O)cc1.CC(CN1c2ccccc2Sc2ccccc21)N(C)C.COc1cccc([C@@]2(O)CCCC[C@@H]2CN(C)C)c1.O=C(O)c1cccnc1. The number of carbonyl (C=O) groups is 2. The number of fused-ring (bicyclic) bond motifs is 2. The normalized spacial score (nSPS) is 17.0. The summed E-state index contributed by atoms with van der Waals surface area (Å²) in [5.41, 5.74) is 3.85. The Hall–Kier alpha value is -5.40.